The lowest BCUT2D eigenvalue weighted by Gasteiger charge is -2.23. The van der Waals surface area contributed by atoms with E-state index < -0.39 is 0 Å². The molecule has 2 atom stereocenters. The van der Waals surface area contributed by atoms with Gasteiger partial charge in [-0.3, -0.25) is 0 Å². The predicted octanol–water partition coefficient (Wildman–Crippen LogP) is 1.94. The zero-order chi connectivity index (χ0) is 9.78. The fourth-order valence-corrected chi connectivity index (χ4v) is 1.27. The van der Waals surface area contributed by atoms with E-state index in [9.17, 15) is 10.2 Å². The van der Waals surface area contributed by atoms with Crippen molar-refractivity contribution in [2.75, 3.05) is 0 Å². The summed E-state index contributed by atoms with van der Waals surface area (Å²) in [5.41, 5.74) is 0.146. The maximum absolute atomic E-state index is 9.53. The number of hydrogen-bond donors (Lipinski definition) is 2. The molecule has 74 valence electrons. The number of rotatable bonds is 4. The summed E-state index contributed by atoms with van der Waals surface area (Å²) < 4.78 is 0. The van der Waals surface area contributed by atoms with Gasteiger partial charge in [0.05, 0.1) is 12.2 Å². The average Bonchev–Trinajstić information content (AvgIpc) is 1.82. The Morgan fingerprint density at radius 3 is 1.92 bits per heavy atom. The molecule has 2 heteroatoms. The van der Waals surface area contributed by atoms with Crippen molar-refractivity contribution in [1.29, 1.82) is 0 Å². The van der Waals surface area contributed by atoms with Crippen LogP contribution < -0.4 is 0 Å². The molecule has 0 fully saturated rings. The summed E-state index contributed by atoms with van der Waals surface area (Å²) in [6.45, 7) is 8.20. The molecule has 0 spiro atoms. The Kier molecular flexibility index (Phi) is 4.80. The minimum Gasteiger partial charge on any atom is -0.393 e. The highest BCUT2D eigenvalue weighted by Crippen LogP contribution is 2.22. The minimum absolute atomic E-state index is 0.146. The van der Waals surface area contributed by atoms with Crippen molar-refractivity contribution in [2.45, 2.75) is 59.2 Å². The van der Waals surface area contributed by atoms with Gasteiger partial charge >= 0.3 is 0 Å². The molecule has 0 heterocycles. The van der Waals surface area contributed by atoms with E-state index in [1.165, 1.54) is 0 Å². The fourth-order valence-electron chi connectivity index (χ4n) is 1.27. The summed E-state index contributed by atoms with van der Waals surface area (Å²) >= 11 is 0. The Bertz CT molecular complexity index is 115. The van der Waals surface area contributed by atoms with E-state index in [0.29, 0.717) is 6.42 Å². The molecule has 2 nitrogen and oxygen atoms in total. The van der Waals surface area contributed by atoms with Crippen LogP contribution in [0.3, 0.4) is 0 Å². The van der Waals surface area contributed by atoms with Gasteiger partial charge in [-0.25, -0.2) is 0 Å². The first-order valence-corrected chi connectivity index (χ1v) is 4.71. The first kappa shape index (κ1) is 11.9. The monoisotopic (exact) mass is 174 g/mol. The number of aliphatic hydroxyl groups is 2. The first-order chi connectivity index (χ1) is 5.35. The second-order valence-electron chi connectivity index (χ2n) is 4.72. The van der Waals surface area contributed by atoms with Crippen molar-refractivity contribution >= 4 is 0 Å². The Labute approximate surface area is 75.6 Å². The summed E-state index contributed by atoms with van der Waals surface area (Å²) in [5.74, 6) is 0. The van der Waals surface area contributed by atoms with Gasteiger partial charge < -0.3 is 10.2 Å². The van der Waals surface area contributed by atoms with Crippen LogP contribution in [-0.2, 0) is 0 Å². The standard InChI is InChI=1S/C10H22O2/c1-5-8(11)6-9(12)7-10(2,3)4/h8-9,11-12H,5-7H2,1-4H3. The molecule has 0 bridgehead atoms. The Morgan fingerprint density at radius 1 is 1.08 bits per heavy atom. The maximum Gasteiger partial charge on any atom is 0.0569 e. The summed E-state index contributed by atoms with van der Waals surface area (Å²) in [6, 6.07) is 0. The summed E-state index contributed by atoms with van der Waals surface area (Å²) in [4.78, 5) is 0. The van der Waals surface area contributed by atoms with Crippen molar-refractivity contribution in [1.82, 2.24) is 0 Å². The van der Waals surface area contributed by atoms with Crippen LogP contribution in [0.5, 0.6) is 0 Å². The second kappa shape index (κ2) is 4.83. The van der Waals surface area contributed by atoms with Gasteiger partial charge in [0.25, 0.3) is 0 Å². The lowest BCUT2D eigenvalue weighted by Crippen LogP contribution is -2.22. The Morgan fingerprint density at radius 2 is 1.58 bits per heavy atom. The molecule has 0 radical (unpaired) electrons. The van der Waals surface area contributed by atoms with Crippen LogP contribution >= 0.6 is 0 Å². The van der Waals surface area contributed by atoms with Gasteiger partial charge in [-0.05, 0) is 24.7 Å². The van der Waals surface area contributed by atoms with Crippen LogP contribution in [0, 0.1) is 5.41 Å². The second-order valence-corrected chi connectivity index (χ2v) is 4.72. The van der Waals surface area contributed by atoms with Gasteiger partial charge in [-0.15, -0.1) is 0 Å². The summed E-state index contributed by atoms with van der Waals surface area (Å²) in [7, 11) is 0. The molecule has 12 heavy (non-hydrogen) atoms. The topological polar surface area (TPSA) is 40.5 Å². The van der Waals surface area contributed by atoms with Gasteiger partial charge in [0.15, 0.2) is 0 Å². The van der Waals surface area contributed by atoms with Crippen molar-refractivity contribution in [2.24, 2.45) is 5.41 Å². The molecule has 0 saturated carbocycles. The zero-order valence-corrected chi connectivity index (χ0v) is 8.67. The third kappa shape index (κ3) is 6.62. The van der Waals surface area contributed by atoms with Crippen LogP contribution in [0.1, 0.15) is 47.0 Å². The van der Waals surface area contributed by atoms with Crippen LogP contribution in [0.15, 0.2) is 0 Å². The Balaban J connectivity index is 3.66. The van der Waals surface area contributed by atoms with E-state index >= 15 is 0 Å². The maximum atomic E-state index is 9.53. The fraction of sp³-hybridized carbons (Fsp3) is 1.00. The normalized spacial score (nSPS) is 17.5. The van der Waals surface area contributed by atoms with Crippen molar-refractivity contribution in [3.8, 4) is 0 Å². The molecule has 0 rings (SSSR count). The lowest BCUT2D eigenvalue weighted by molar-refractivity contribution is 0.0540. The molecular formula is C10H22O2. The van der Waals surface area contributed by atoms with Gasteiger partial charge in [0.1, 0.15) is 0 Å². The molecule has 2 N–H and O–H groups in total. The summed E-state index contributed by atoms with van der Waals surface area (Å²) in [5, 5.41) is 18.8. The molecular weight excluding hydrogens is 152 g/mol. The number of aliphatic hydroxyl groups excluding tert-OH is 2. The molecule has 0 aromatic heterocycles. The lowest BCUT2D eigenvalue weighted by atomic mass is 9.87. The smallest absolute Gasteiger partial charge is 0.0569 e. The first-order valence-electron chi connectivity index (χ1n) is 4.71. The minimum atomic E-state index is -0.361. The Hall–Kier alpha value is -0.0800. The van der Waals surface area contributed by atoms with E-state index in [1.54, 1.807) is 0 Å². The van der Waals surface area contributed by atoms with Crippen LogP contribution in [0.2, 0.25) is 0 Å². The van der Waals surface area contributed by atoms with Crippen LogP contribution in [-0.4, -0.2) is 22.4 Å². The van der Waals surface area contributed by atoms with E-state index in [2.05, 4.69) is 20.8 Å². The quantitative estimate of drug-likeness (QED) is 0.684. The average molecular weight is 174 g/mol. The highest BCUT2D eigenvalue weighted by atomic mass is 16.3. The van der Waals surface area contributed by atoms with E-state index in [4.69, 9.17) is 0 Å². The molecule has 0 amide bonds. The number of hydrogen-bond acceptors (Lipinski definition) is 2. The van der Waals surface area contributed by atoms with E-state index in [0.717, 1.165) is 12.8 Å². The molecule has 2 unspecified atom stereocenters. The molecule has 0 aromatic rings. The molecule has 0 aromatic carbocycles. The third-order valence-electron chi connectivity index (χ3n) is 1.86. The SMILES string of the molecule is CCC(O)CC(O)CC(C)(C)C. The van der Waals surface area contributed by atoms with Crippen molar-refractivity contribution < 1.29 is 10.2 Å². The summed E-state index contributed by atoms with van der Waals surface area (Å²) in [6.07, 6.45) is 1.28. The highest BCUT2D eigenvalue weighted by molar-refractivity contribution is 4.70. The zero-order valence-electron chi connectivity index (χ0n) is 8.67. The van der Waals surface area contributed by atoms with Crippen molar-refractivity contribution in [3.05, 3.63) is 0 Å². The molecule has 0 aliphatic heterocycles. The third-order valence-corrected chi connectivity index (χ3v) is 1.86. The largest absolute Gasteiger partial charge is 0.393 e. The van der Waals surface area contributed by atoms with E-state index in [1.807, 2.05) is 6.92 Å². The highest BCUT2D eigenvalue weighted by Gasteiger charge is 2.18. The molecule has 0 aliphatic carbocycles. The van der Waals surface area contributed by atoms with Gasteiger partial charge in [0, 0.05) is 0 Å². The predicted molar refractivity (Wildman–Crippen MR) is 51.0 cm³/mol. The van der Waals surface area contributed by atoms with Crippen LogP contribution in [0.25, 0.3) is 0 Å². The van der Waals surface area contributed by atoms with Crippen molar-refractivity contribution in [3.63, 3.8) is 0 Å². The molecule has 0 saturated heterocycles. The van der Waals surface area contributed by atoms with Gasteiger partial charge in [0.2, 0.25) is 0 Å². The van der Waals surface area contributed by atoms with Gasteiger partial charge in [-0.1, -0.05) is 27.7 Å². The molecule has 0 aliphatic rings. The van der Waals surface area contributed by atoms with Gasteiger partial charge in [-0.2, -0.15) is 0 Å². The van der Waals surface area contributed by atoms with E-state index in [-0.39, 0.29) is 17.6 Å². The van der Waals surface area contributed by atoms with Crippen LogP contribution in [0.4, 0.5) is 0 Å².